The summed E-state index contributed by atoms with van der Waals surface area (Å²) >= 11 is -4.37. The number of halogens is 2. The Kier molecular flexibility index (Phi) is 9.36. The first-order valence-corrected chi connectivity index (χ1v) is 19.5. The Morgan fingerprint density at radius 2 is 0.741 bits per heavy atom. The monoisotopic (exact) mass is 532 g/mol. The van der Waals surface area contributed by atoms with Crippen molar-refractivity contribution in [3.05, 3.63) is 0 Å². The summed E-state index contributed by atoms with van der Waals surface area (Å²) in [5.74, 6) is 0. The van der Waals surface area contributed by atoms with E-state index < -0.39 is 43.4 Å². The molecule has 0 rings (SSSR count). The molecule has 0 saturated heterocycles. The fourth-order valence-electron chi connectivity index (χ4n) is 4.00. The van der Waals surface area contributed by atoms with E-state index in [9.17, 15) is 0 Å². The number of hydrogen-bond acceptors (Lipinski definition) is 2. The third-order valence-corrected chi connectivity index (χ3v) is 34.8. The average Bonchev–Trinajstić information content (AvgIpc) is 2.42. The third kappa shape index (κ3) is 5.58. The molecule has 0 spiro atoms. The van der Waals surface area contributed by atoms with E-state index in [1.807, 2.05) is 55.4 Å². The van der Waals surface area contributed by atoms with E-state index in [4.69, 9.17) is 5.53 Å². The Bertz CT molecular complexity index is 423. The molecule has 27 heavy (non-hydrogen) atoms. The van der Waals surface area contributed by atoms with Crippen LogP contribution in [0.1, 0.15) is 96.9 Å². The van der Waals surface area contributed by atoms with Crippen LogP contribution in [0.25, 0.3) is 0 Å². The zero-order valence-electron chi connectivity index (χ0n) is 20.4. The van der Waals surface area contributed by atoms with Crippen molar-refractivity contribution in [2.24, 2.45) is 0 Å². The topological polar surface area (TPSA) is 18.5 Å². The summed E-state index contributed by atoms with van der Waals surface area (Å²) in [7, 11) is -7.21. The van der Waals surface area contributed by atoms with Crippen LogP contribution in [0.4, 0.5) is 8.22 Å². The molecule has 0 aliphatic heterocycles. The molecule has 0 aliphatic rings. The molecular weight excluding hydrogens is 485 g/mol. The Morgan fingerprint density at radius 3 is 0.852 bits per heavy atom. The van der Waals surface area contributed by atoms with Gasteiger partial charge in [0.05, 0.1) is 0 Å². The van der Waals surface area contributed by atoms with E-state index in [0.717, 1.165) is 0 Å². The van der Waals surface area contributed by atoms with Gasteiger partial charge in [-0.2, -0.15) is 0 Å². The van der Waals surface area contributed by atoms with Crippen LogP contribution in [0.15, 0.2) is 0 Å². The summed E-state index contributed by atoms with van der Waals surface area (Å²) in [4.78, 5) is 0. The van der Waals surface area contributed by atoms with Gasteiger partial charge in [0.1, 0.15) is 0 Å². The molecule has 2 nitrogen and oxygen atoms in total. The number of rotatable bonds is 8. The van der Waals surface area contributed by atoms with Gasteiger partial charge in [0, 0.05) is 0 Å². The summed E-state index contributed by atoms with van der Waals surface area (Å²) in [5, 5.41) is 0. The third-order valence-electron chi connectivity index (χ3n) is 5.72. The van der Waals surface area contributed by atoms with Crippen molar-refractivity contribution < 1.29 is 13.7 Å². The Morgan fingerprint density at radius 1 is 0.556 bits per heavy atom. The van der Waals surface area contributed by atoms with E-state index in [1.54, 1.807) is 0 Å². The minimum absolute atomic E-state index is 0.198. The molecule has 0 aromatic heterocycles. The van der Waals surface area contributed by atoms with Gasteiger partial charge in [0.25, 0.3) is 0 Å². The van der Waals surface area contributed by atoms with Gasteiger partial charge in [-0.15, -0.1) is 0 Å². The van der Waals surface area contributed by atoms with Crippen LogP contribution in [-0.2, 0) is 5.53 Å². The van der Waals surface area contributed by atoms with Gasteiger partial charge in [0.2, 0.25) is 0 Å². The van der Waals surface area contributed by atoms with Crippen LogP contribution < -0.4 is 0 Å². The molecular formula is C20H46F2O2Si2Sn. The van der Waals surface area contributed by atoms with Gasteiger partial charge in [-0.25, -0.2) is 0 Å². The van der Waals surface area contributed by atoms with E-state index in [-0.39, 0.29) is 22.2 Å². The van der Waals surface area contributed by atoms with Crippen LogP contribution in [0.2, 0.25) is 29.0 Å². The first-order chi connectivity index (χ1) is 11.7. The second-order valence-corrected chi connectivity index (χ2v) is 34.7. The first-order valence-electron chi connectivity index (χ1n) is 10.5. The van der Waals surface area contributed by atoms with Crippen LogP contribution in [-0.4, -0.2) is 36.5 Å². The fourth-order valence-corrected chi connectivity index (χ4v) is 43.5. The van der Waals surface area contributed by atoms with Crippen molar-refractivity contribution in [2.45, 2.75) is 126 Å². The zero-order valence-corrected chi connectivity index (χ0v) is 25.2. The Labute approximate surface area is 175 Å². The standard InChI is InChI=1S/2C6H14FOSi.2C4H9.Sn/c2*1-5(2)9(7,8)6(3)4;2*1-4(2)3;/h2*5-6H,1-4H3;2*1-3H3;/q2*-1;;;+2. The summed E-state index contributed by atoms with van der Waals surface area (Å²) in [5.41, 5.74) is -0.794. The van der Waals surface area contributed by atoms with Crippen molar-refractivity contribution >= 4 is 36.5 Å². The van der Waals surface area contributed by atoms with Crippen LogP contribution >= 0.6 is 0 Å². The number of hydrogen-bond donors (Lipinski definition) is 0. The van der Waals surface area contributed by atoms with Gasteiger partial charge in [-0.05, 0) is 0 Å². The van der Waals surface area contributed by atoms with Gasteiger partial charge in [-0.1, -0.05) is 0 Å². The minimum atomic E-state index is -4.37. The second kappa shape index (κ2) is 9.02. The molecule has 0 amide bonds. The summed E-state index contributed by atoms with van der Waals surface area (Å²) in [6.45, 7) is 27.6. The van der Waals surface area contributed by atoms with Crippen LogP contribution in [0, 0.1) is 0 Å². The van der Waals surface area contributed by atoms with Crippen LogP contribution in [0.3, 0.4) is 0 Å². The van der Waals surface area contributed by atoms with Crippen molar-refractivity contribution in [1.82, 2.24) is 0 Å². The van der Waals surface area contributed by atoms with Crippen molar-refractivity contribution in [3.63, 3.8) is 0 Å². The molecule has 0 N–H and O–H groups in total. The van der Waals surface area contributed by atoms with Crippen molar-refractivity contribution in [2.75, 3.05) is 0 Å². The summed E-state index contributed by atoms with van der Waals surface area (Å²) in [6, 6.07) is 0. The Hall–Kier alpha value is 1.01. The SMILES string of the molecule is CC(C)[Si](F)([O][Sn]([O][Si](F)(C(C)C)C(C)C)([C](C)(C)C)[C](C)(C)C)C(C)C. The van der Waals surface area contributed by atoms with Gasteiger partial charge >= 0.3 is 176 Å². The molecule has 0 saturated carbocycles. The molecule has 7 heteroatoms. The predicted molar refractivity (Wildman–Crippen MR) is 121 cm³/mol. The second-order valence-electron chi connectivity index (χ2n) is 11.3. The quantitative estimate of drug-likeness (QED) is 0.231. The maximum atomic E-state index is 16.4. The molecule has 0 unspecified atom stereocenters. The molecule has 0 radical (unpaired) electrons. The van der Waals surface area contributed by atoms with Crippen molar-refractivity contribution in [3.8, 4) is 0 Å². The average molecular weight is 531 g/mol. The molecule has 0 heterocycles. The zero-order chi connectivity index (χ0) is 22.2. The fraction of sp³-hybridized carbons (Fsp3) is 1.00. The maximum absolute atomic E-state index is 16.4. The van der Waals surface area contributed by atoms with E-state index in [2.05, 4.69) is 41.5 Å². The predicted octanol–water partition coefficient (Wildman–Crippen LogP) is 8.53. The molecule has 0 bridgehead atoms. The molecule has 0 aromatic rings. The van der Waals surface area contributed by atoms with Gasteiger partial charge < -0.3 is 0 Å². The molecule has 0 aliphatic carbocycles. The van der Waals surface area contributed by atoms with Gasteiger partial charge in [0.15, 0.2) is 0 Å². The molecule has 0 atom stereocenters. The van der Waals surface area contributed by atoms with E-state index in [1.165, 1.54) is 0 Å². The van der Waals surface area contributed by atoms with Crippen molar-refractivity contribution in [1.29, 1.82) is 0 Å². The molecule has 0 fully saturated rings. The van der Waals surface area contributed by atoms with E-state index >= 15 is 8.22 Å². The normalized spacial score (nSPS) is 15.6. The molecule has 0 aromatic carbocycles. The summed E-state index contributed by atoms with van der Waals surface area (Å²) < 4.78 is 45.4. The molecule has 164 valence electrons. The van der Waals surface area contributed by atoms with Crippen LogP contribution in [0.5, 0.6) is 0 Å². The van der Waals surface area contributed by atoms with Gasteiger partial charge in [-0.3, -0.25) is 0 Å². The first kappa shape index (κ1) is 28.0. The Balaban J connectivity index is 6.77. The summed E-state index contributed by atoms with van der Waals surface area (Å²) in [6.07, 6.45) is 0. The van der Waals surface area contributed by atoms with E-state index in [0.29, 0.717) is 0 Å².